The molecule has 0 fully saturated rings. The van der Waals surface area contributed by atoms with Crippen molar-refractivity contribution in [3.05, 3.63) is 75.7 Å². The fraction of sp³-hybridized carbons (Fsp3) is 0.292. The van der Waals surface area contributed by atoms with Crippen molar-refractivity contribution in [1.82, 2.24) is 14.5 Å². The van der Waals surface area contributed by atoms with Crippen LogP contribution in [0.25, 0.3) is 16.5 Å². The smallest absolute Gasteiger partial charge is 0.416 e. The number of amides is 1. The Bertz CT molecular complexity index is 1350. The number of rotatable bonds is 4. The summed E-state index contributed by atoms with van der Waals surface area (Å²) in [7, 11) is 1.60. The van der Waals surface area contributed by atoms with Crippen LogP contribution in [0.3, 0.4) is 0 Å². The molecule has 1 aromatic heterocycles. The highest BCUT2D eigenvalue weighted by Gasteiger charge is 2.30. The summed E-state index contributed by atoms with van der Waals surface area (Å²) in [5, 5.41) is 12.9. The predicted octanol–water partition coefficient (Wildman–Crippen LogP) is 4.89. The first kappa shape index (κ1) is 23.3. The third kappa shape index (κ3) is 4.61. The van der Waals surface area contributed by atoms with Gasteiger partial charge in [0.25, 0.3) is 0 Å². The van der Waals surface area contributed by atoms with Crippen LogP contribution in [0.4, 0.5) is 23.8 Å². The average molecular weight is 472 g/mol. The number of fused-ring (bicyclic) bond motifs is 1. The molecule has 1 unspecified atom stereocenters. The minimum Gasteiger partial charge on any atom is -0.465 e. The zero-order valence-corrected chi connectivity index (χ0v) is 18.6. The Balaban J connectivity index is 1.71. The van der Waals surface area contributed by atoms with Gasteiger partial charge in [-0.05, 0) is 54.3 Å². The van der Waals surface area contributed by atoms with Gasteiger partial charge in [-0.2, -0.15) is 18.2 Å². The lowest BCUT2D eigenvalue weighted by Crippen LogP contribution is -2.33. The Morgan fingerprint density at radius 3 is 2.62 bits per heavy atom. The molecule has 2 heterocycles. The largest absolute Gasteiger partial charge is 0.465 e. The number of nitrogens with zero attached hydrogens (tertiary/aromatic N) is 3. The number of anilines is 1. The van der Waals surface area contributed by atoms with Gasteiger partial charge in [0.2, 0.25) is 0 Å². The minimum atomic E-state index is -4.46. The number of nitrogens with one attached hydrogen (secondary N) is 1. The van der Waals surface area contributed by atoms with Crippen LogP contribution < -0.4 is 11.0 Å². The SMILES string of the molecule is CC(Nc1nc(=O)n(C)c2ccc(C3=CCN(C(=O)O)CC3)cc12)c1cccc(C(F)(F)F)c1. The number of aryl methyl sites for hydroxylation is 1. The Labute approximate surface area is 193 Å². The number of benzene rings is 2. The zero-order chi connectivity index (χ0) is 24.6. The molecule has 7 nitrogen and oxygen atoms in total. The molecule has 34 heavy (non-hydrogen) atoms. The summed E-state index contributed by atoms with van der Waals surface area (Å²) < 4.78 is 40.8. The third-order valence-electron chi connectivity index (χ3n) is 6.03. The normalized spacial score (nSPS) is 15.2. The van der Waals surface area contributed by atoms with Crippen molar-refractivity contribution in [3.63, 3.8) is 0 Å². The lowest BCUT2D eigenvalue weighted by atomic mass is 9.98. The lowest BCUT2D eigenvalue weighted by molar-refractivity contribution is -0.137. The number of alkyl halides is 3. The lowest BCUT2D eigenvalue weighted by Gasteiger charge is -2.24. The van der Waals surface area contributed by atoms with E-state index in [9.17, 15) is 22.8 Å². The number of hydrogen-bond acceptors (Lipinski definition) is 4. The van der Waals surface area contributed by atoms with Gasteiger partial charge in [0.05, 0.1) is 11.1 Å². The van der Waals surface area contributed by atoms with E-state index in [1.165, 1.54) is 15.5 Å². The predicted molar refractivity (Wildman–Crippen MR) is 123 cm³/mol. The van der Waals surface area contributed by atoms with Crippen molar-refractivity contribution in [2.24, 2.45) is 7.05 Å². The summed E-state index contributed by atoms with van der Waals surface area (Å²) in [5.74, 6) is 0.272. The van der Waals surface area contributed by atoms with Gasteiger partial charge < -0.3 is 15.3 Å². The third-order valence-corrected chi connectivity index (χ3v) is 6.03. The van der Waals surface area contributed by atoms with E-state index in [0.29, 0.717) is 29.4 Å². The molecule has 178 valence electrons. The second-order valence-electron chi connectivity index (χ2n) is 8.23. The Morgan fingerprint density at radius 2 is 1.97 bits per heavy atom. The van der Waals surface area contributed by atoms with E-state index in [0.717, 1.165) is 23.3 Å². The maximum atomic E-state index is 13.1. The fourth-order valence-electron chi connectivity index (χ4n) is 4.04. The summed E-state index contributed by atoms with van der Waals surface area (Å²) in [6.45, 7) is 2.36. The number of carboxylic acid groups (broad SMARTS) is 1. The van der Waals surface area contributed by atoms with Crippen LogP contribution in [0.1, 0.15) is 36.1 Å². The van der Waals surface area contributed by atoms with Crippen LogP contribution in [0.2, 0.25) is 0 Å². The monoisotopic (exact) mass is 472 g/mol. The van der Waals surface area contributed by atoms with Crippen LogP contribution in [0.15, 0.2) is 53.3 Å². The summed E-state index contributed by atoms with van der Waals surface area (Å²) in [5.41, 5.74) is 1.63. The highest BCUT2D eigenvalue weighted by molar-refractivity contribution is 5.92. The topological polar surface area (TPSA) is 87.5 Å². The number of hydrogen-bond donors (Lipinski definition) is 2. The van der Waals surface area contributed by atoms with Gasteiger partial charge >= 0.3 is 18.0 Å². The van der Waals surface area contributed by atoms with Crippen molar-refractivity contribution >= 4 is 28.4 Å². The van der Waals surface area contributed by atoms with Crippen molar-refractivity contribution in [3.8, 4) is 0 Å². The molecule has 1 aliphatic rings. The molecule has 1 amide bonds. The molecule has 4 rings (SSSR count). The van der Waals surface area contributed by atoms with Crippen molar-refractivity contribution in [2.45, 2.75) is 25.6 Å². The van der Waals surface area contributed by atoms with Gasteiger partial charge in [-0.15, -0.1) is 0 Å². The first-order valence-corrected chi connectivity index (χ1v) is 10.7. The van der Waals surface area contributed by atoms with E-state index in [1.54, 1.807) is 26.1 Å². The summed E-state index contributed by atoms with van der Waals surface area (Å²) in [6.07, 6.45) is -3.03. The molecular weight excluding hydrogens is 449 g/mol. The zero-order valence-electron chi connectivity index (χ0n) is 18.6. The first-order valence-electron chi connectivity index (χ1n) is 10.7. The molecule has 0 spiro atoms. The first-order chi connectivity index (χ1) is 16.0. The van der Waals surface area contributed by atoms with Gasteiger partial charge in [0, 0.05) is 31.6 Å². The minimum absolute atomic E-state index is 0.272. The van der Waals surface area contributed by atoms with Gasteiger partial charge in [-0.1, -0.05) is 24.3 Å². The molecule has 10 heteroatoms. The molecule has 2 N–H and O–H groups in total. The maximum Gasteiger partial charge on any atom is 0.416 e. The molecular formula is C24H23F3N4O3. The standard InChI is InChI=1S/C24H23F3N4O3/c1-14(16-4-3-5-18(12-16)24(25,26)27)28-21-19-13-17(6-7-20(19)30(2)22(32)29-21)15-8-10-31(11-9-15)23(33)34/h3-8,12-14H,9-11H2,1-2H3,(H,33,34)(H,28,29,32). The van der Waals surface area contributed by atoms with Crippen LogP contribution in [-0.2, 0) is 13.2 Å². The fourth-order valence-corrected chi connectivity index (χ4v) is 4.04. The van der Waals surface area contributed by atoms with Gasteiger partial charge in [-0.25, -0.2) is 9.59 Å². The summed E-state index contributed by atoms with van der Waals surface area (Å²) >= 11 is 0. The van der Waals surface area contributed by atoms with E-state index in [-0.39, 0.29) is 12.4 Å². The molecule has 1 aliphatic heterocycles. The van der Waals surface area contributed by atoms with Crippen LogP contribution in [-0.4, -0.2) is 38.7 Å². The average Bonchev–Trinajstić information content (AvgIpc) is 2.81. The summed E-state index contributed by atoms with van der Waals surface area (Å²) in [6, 6.07) is 9.99. The van der Waals surface area contributed by atoms with Crippen LogP contribution in [0, 0.1) is 0 Å². The number of halogens is 3. The second-order valence-corrected chi connectivity index (χ2v) is 8.23. The molecule has 0 bridgehead atoms. The quantitative estimate of drug-likeness (QED) is 0.565. The van der Waals surface area contributed by atoms with Crippen molar-refractivity contribution < 1.29 is 23.1 Å². The van der Waals surface area contributed by atoms with E-state index in [2.05, 4.69) is 10.3 Å². The van der Waals surface area contributed by atoms with Gasteiger partial charge in [0.15, 0.2) is 0 Å². The van der Waals surface area contributed by atoms with E-state index >= 15 is 0 Å². The maximum absolute atomic E-state index is 13.1. The molecule has 1 atom stereocenters. The number of aromatic nitrogens is 2. The Hall–Kier alpha value is -3.82. The highest BCUT2D eigenvalue weighted by atomic mass is 19.4. The van der Waals surface area contributed by atoms with E-state index < -0.39 is 29.6 Å². The Kier molecular flexibility index (Phi) is 6.07. The molecule has 3 aromatic rings. The second kappa shape index (κ2) is 8.85. The van der Waals surface area contributed by atoms with Crippen LogP contribution in [0.5, 0.6) is 0 Å². The molecule has 0 saturated carbocycles. The highest BCUT2D eigenvalue weighted by Crippen LogP contribution is 2.33. The molecule has 0 aliphatic carbocycles. The number of carbonyl (C=O) groups is 1. The van der Waals surface area contributed by atoms with E-state index in [1.807, 2.05) is 18.2 Å². The summed E-state index contributed by atoms with van der Waals surface area (Å²) in [4.78, 5) is 29.0. The molecule has 0 saturated heterocycles. The van der Waals surface area contributed by atoms with Crippen LogP contribution >= 0.6 is 0 Å². The van der Waals surface area contributed by atoms with Gasteiger partial charge in [-0.3, -0.25) is 4.57 Å². The van der Waals surface area contributed by atoms with Crippen molar-refractivity contribution in [1.29, 1.82) is 0 Å². The Morgan fingerprint density at radius 1 is 1.21 bits per heavy atom. The van der Waals surface area contributed by atoms with E-state index in [4.69, 9.17) is 5.11 Å². The van der Waals surface area contributed by atoms with Gasteiger partial charge in [0.1, 0.15) is 5.82 Å². The molecule has 0 radical (unpaired) electrons. The molecule has 2 aromatic carbocycles. The van der Waals surface area contributed by atoms with Crippen molar-refractivity contribution in [2.75, 3.05) is 18.4 Å².